The normalized spacial score (nSPS) is 17.2. The van der Waals surface area contributed by atoms with Gasteiger partial charge in [-0.1, -0.05) is 49.0 Å². The molecule has 1 saturated heterocycles. The lowest BCUT2D eigenvalue weighted by molar-refractivity contribution is -0.385. The zero-order valence-electron chi connectivity index (χ0n) is 18.5. The third-order valence-electron chi connectivity index (χ3n) is 5.08. The third-order valence-corrected chi connectivity index (χ3v) is 5.08. The van der Waals surface area contributed by atoms with Crippen molar-refractivity contribution >= 4 is 23.5 Å². The van der Waals surface area contributed by atoms with E-state index in [1.807, 2.05) is 6.92 Å². The van der Waals surface area contributed by atoms with Gasteiger partial charge in [0.15, 0.2) is 5.78 Å². The monoisotopic (exact) mass is 454 g/mol. The number of piperidine rings is 1. The molecule has 3 rings (SSSR count). The van der Waals surface area contributed by atoms with Crippen molar-refractivity contribution in [2.24, 2.45) is 0 Å². The fourth-order valence-corrected chi connectivity index (χ4v) is 3.34. The molecule has 0 bridgehead atoms. The second-order valence-corrected chi connectivity index (χ2v) is 7.63. The number of nitrogens with zero attached hydrogens (tertiary/aromatic N) is 2. The van der Waals surface area contributed by atoms with Gasteiger partial charge in [-0.3, -0.25) is 14.9 Å². The number of nitro groups is 1. The number of carbonyl (C=O) groups is 3. The maximum atomic E-state index is 12.1. The highest BCUT2D eigenvalue weighted by atomic mass is 16.6. The summed E-state index contributed by atoms with van der Waals surface area (Å²) < 4.78 is 5.19. The van der Waals surface area contributed by atoms with Gasteiger partial charge < -0.3 is 14.7 Å². The van der Waals surface area contributed by atoms with Gasteiger partial charge in [-0.15, -0.1) is 0 Å². The largest absolute Gasteiger partial charge is 0.465 e. The number of carbonyl (C=O) groups excluding carboxylic acids is 2. The molecule has 1 amide bonds. The molecule has 1 aliphatic heterocycles. The van der Waals surface area contributed by atoms with Crippen LogP contribution in [0.25, 0.3) is 0 Å². The molecule has 0 spiro atoms. The quantitative estimate of drug-likeness (QED) is 0.232. The Morgan fingerprint density at radius 1 is 1.12 bits per heavy atom. The summed E-state index contributed by atoms with van der Waals surface area (Å²) in [6.45, 7) is 7.32. The third kappa shape index (κ3) is 6.99. The van der Waals surface area contributed by atoms with Crippen molar-refractivity contribution < 1.29 is 29.2 Å². The van der Waals surface area contributed by atoms with Crippen LogP contribution in [-0.4, -0.2) is 51.5 Å². The molecular weight excluding hydrogens is 428 g/mol. The van der Waals surface area contributed by atoms with E-state index in [1.54, 1.807) is 49.4 Å². The predicted octanol–water partition coefficient (Wildman–Crippen LogP) is 4.46. The maximum absolute atomic E-state index is 12.1. The van der Waals surface area contributed by atoms with Gasteiger partial charge in [0.25, 0.3) is 5.69 Å². The molecule has 174 valence electrons. The van der Waals surface area contributed by atoms with Gasteiger partial charge in [0.05, 0.1) is 4.92 Å². The molecule has 1 fully saturated rings. The van der Waals surface area contributed by atoms with Crippen molar-refractivity contribution in [3.8, 4) is 0 Å². The highest BCUT2D eigenvalue weighted by molar-refractivity contribution is 6.11. The first kappa shape index (κ1) is 25.3. The summed E-state index contributed by atoms with van der Waals surface area (Å²) in [6.07, 6.45) is -0.0203. The van der Waals surface area contributed by atoms with Crippen LogP contribution >= 0.6 is 0 Å². The Balaban J connectivity index is 0.000000234. The number of ether oxygens (including phenoxy) is 1. The molecule has 1 N–H and O–H groups in total. The zero-order chi connectivity index (χ0) is 24.5. The average molecular weight is 454 g/mol. The zero-order valence-corrected chi connectivity index (χ0v) is 18.5. The fourth-order valence-electron chi connectivity index (χ4n) is 3.34. The lowest BCUT2D eigenvalue weighted by atomic mass is 10.0. The Morgan fingerprint density at radius 3 is 2.27 bits per heavy atom. The SMILES string of the molecule is C=C(C)C(=O)OC1CCN(C(=O)O)C(C)C1.O=C(c1ccccc1)c1ccccc1[N+](=O)[O-]. The van der Waals surface area contributed by atoms with Crippen LogP contribution in [0.1, 0.15) is 42.6 Å². The number of carboxylic acid groups (broad SMARTS) is 1. The van der Waals surface area contributed by atoms with Gasteiger partial charge in [0.2, 0.25) is 0 Å². The van der Waals surface area contributed by atoms with E-state index in [2.05, 4.69) is 6.58 Å². The van der Waals surface area contributed by atoms with Gasteiger partial charge in [-0.25, -0.2) is 9.59 Å². The summed E-state index contributed by atoms with van der Waals surface area (Å²) in [5, 5.41) is 19.7. The van der Waals surface area contributed by atoms with Crippen LogP contribution in [0.3, 0.4) is 0 Å². The van der Waals surface area contributed by atoms with Crippen molar-refractivity contribution in [3.05, 3.63) is 88.0 Å². The predicted molar refractivity (Wildman–Crippen MR) is 121 cm³/mol. The fraction of sp³-hybridized carbons (Fsp3) is 0.292. The van der Waals surface area contributed by atoms with E-state index in [4.69, 9.17) is 9.84 Å². The Morgan fingerprint density at radius 2 is 1.73 bits per heavy atom. The smallest absolute Gasteiger partial charge is 0.407 e. The molecule has 2 aromatic carbocycles. The first-order valence-corrected chi connectivity index (χ1v) is 10.3. The van der Waals surface area contributed by atoms with Crippen molar-refractivity contribution in [3.63, 3.8) is 0 Å². The molecule has 9 heteroatoms. The molecule has 9 nitrogen and oxygen atoms in total. The average Bonchev–Trinajstić information content (AvgIpc) is 2.79. The molecule has 2 atom stereocenters. The van der Waals surface area contributed by atoms with E-state index in [0.29, 0.717) is 30.5 Å². The standard InChI is InChI=1S/C13H9NO3.C11H17NO4/c15-13(10-6-2-1-3-7-10)11-8-4-5-9-12(11)14(16)17;1-7(2)10(13)16-9-4-5-12(11(14)15)8(3)6-9/h1-9H;8-9H,1,4-6H2,2-3H3,(H,14,15). The number of ketones is 1. The van der Waals surface area contributed by atoms with Crippen LogP contribution in [0.2, 0.25) is 0 Å². The second-order valence-electron chi connectivity index (χ2n) is 7.63. The van der Waals surface area contributed by atoms with E-state index in [-0.39, 0.29) is 29.2 Å². The van der Waals surface area contributed by atoms with Crippen molar-refractivity contribution in [1.82, 2.24) is 4.90 Å². The Bertz CT molecular complexity index is 1040. The minimum atomic E-state index is -0.919. The molecule has 0 aliphatic carbocycles. The lowest BCUT2D eigenvalue weighted by Crippen LogP contribution is -2.46. The highest BCUT2D eigenvalue weighted by Gasteiger charge is 2.30. The minimum absolute atomic E-state index is 0.115. The molecule has 2 unspecified atom stereocenters. The van der Waals surface area contributed by atoms with Crippen LogP contribution < -0.4 is 0 Å². The summed E-state index contributed by atoms with van der Waals surface area (Å²) >= 11 is 0. The molecular formula is C24H26N2O7. The number of para-hydroxylation sites is 1. The van der Waals surface area contributed by atoms with Gasteiger partial charge >= 0.3 is 12.1 Å². The van der Waals surface area contributed by atoms with Crippen LogP contribution in [0.15, 0.2) is 66.7 Å². The summed E-state index contributed by atoms with van der Waals surface area (Å²) in [5.74, 6) is -0.737. The first-order chi connectivity index (χ1) is 15.6. The van der Waals surface area contributed by atoms with Gasteiger partial charge in [-0.2, -0.15) is 0 Å². The number of likely N-dealkylation sites (tertiary alicyclic amines) is 1. The van der Waals surface area contributed by atoms with Crippen LogP contribution in [0.5, 0.6) is 0 Å². The molecule has 33 heavy (non-hydrogen) atoms. The van der Waals surface area contributed by atoms with Crippen LogP contribution in [0.4, 0.5) is 10.5 Å². The number of hydrogen-bond donors (Lipinski definition) is 1. The number of rotatable bonds is 5. The molecule has 0 aromatic heterocycles. The van der Waals surface area contributed by atoms with Crippen LogP contribution in [-0.2, 0) is 9.53 Å². The Hall–Kier alpha value is -4.01. The Labute approximate surface area is 191 Å². The maximum Gasteiger partial charge on any atom is 0.407 e. The molecule has 2 aromatic rings. The van der Waals surface area contributed by atoms with E-state index in [1.165, 1.54) is 17.0 Å². The molecule has 0 radical (unpaired) electrons. The minimum Gasteiger partial charge on any atom is -0.465 e. The second kappa shape index (κ2) is 11.6. The molecule has 1 heterocycles. The summed E-state index contributed by atoms with van der Waals surface area (Å²) in [5.41, 5.74) is 0.764. The van der Waals surface area contributed by atoms with Crippen molar-refractivity contribution in [2.45, 2.75) is 38.8 Å². The van der Waals surface area contributed by atoms with Gasteiger partial charge in [0.1, 0.15) is 11.7 Å². The molecule has 0 saturated carbocycles. The summed E-state index contributed by atoms with van der Waals surface area (Å²) in [7, 11) is 0. The van der Waals surface area contributed by atoms with E-state index < -0.39 is 17.0 Å². The topological polar surface area (TPSA) is 127 Å². The molecule has 1 aliphatic rings. The number of nitro benzene ring substituents is 1. The van der Waals surface area contributed by atoms with Crippen molar-refractivity contribution in [1.29, 1.82) is 0 Å². The summed E-state index contributed by atoms with van der Waals surface area (Å²) in [6, 6.07) is 14.3. The van der Waals surface area contributed by atoms with Gasteiger partial charge in [0, 0.05) is 42.6 Å². The van der Waals surface area contributed by atoms with Crippen molar-refractivity contribution in [2.75, 3.05) is 6.54 Å². The van der Waals surface area contributed by atoms with Crippen LogP contribution in [0, 0.1) is 10.1 Å². The lowest BCUT2D eigenvalue weighted by Gasteiger charge is -2.35. The number of esters is 1. The number of hydrogen-bond acceptors (Lipinski definition) is 6. The Kier molecular flexibility index (Phi) is 8.85. The van der Waals surface area contributed by atoms with Gasteiger partial charge in [-0.05, 0) is 19.9 Å². The first-order valence-electron chi connectivity index (χ1n) is 10.3. The van der Waals surface area contributed by atoms with E-state index in [0.717, 1.165) is 0 Å². The number of benzene rings is 2. The highest BCUT2D eigenvalue weighted by Crippen LogP contribution is 2.21. The van der Waals surface area contributed by atoms with E-state index >= 15 is 0 Å². The van der Waals surface area contributed by atoms with E-state index in [9.17, 15) is 24.5 Å². The summed E-state index contributed by atoms with van der Waals surface area (Å²) in [4.78, 5) is 45.8. The number of amides is 1.